The van der Waals surface area contributed by atoms with E-state index < -0.39 is 18.2 Å². The summed E-state index contributed by atoms with van der Waals surface area (Å²) in [5.74, 6) is 0. The first kappa shape index (κ1) is 14.8. The molecule has 1 rings (SSSR count). The molecule has 5 heteroatoms. The molecule has 1 aromatic rings. The van der Waals surface area contributed by atoms with Gasteiger partial charge in [0.2, 0.25) is 0 Å². The summed E-state index contributed by atoms with van der Waals surface area (Å²) in [6.45, 7) is 5.09. The predicted molar refractivity (Wildman–Crippen MR) is 70.9 cm³/mol. The molecule has 0 aliphatic rings. The molecule has 0 spiro atoms. The molecule has 4 nitrogen and oxygen atoms in total. The zero-order valence-corrected chi connectivity index (χ0v) is 11.4. The first-order chi connectivity index (χ1) is 8.36. The molecule has 1 aromatic carbocycles. The van der Waals surface area contributed by atoms with Gasteiger partial charge in [-0.2, -0.15) is 0 Å². The molecule has 0 radical (unpaired) electrons. The second kappa shape index (κ2) is 6.07. The Balaban J connectivity index is 3.25. The SMILES string of the molecule is CC(C)N(C(=O)O)[C@H](c1ccccc1Cl)[C@@H](C)O. The Bertz CT molecular complexity index is 420. The molecule has 0 aromatic heterocycles. The third kappa shape index (κ3) is 3.15. The lowest BCUT2D eigenvalue weighted by Gasteiger charge is -2.35. The molecule has 0 saturated heterocycles. The Kier molecular flexibility index (Phi) is 4.99. The molecule has 0 aliphatic carbocycles. The van der Waals surface area contributed by atoms with Crippen LogP contribution >= 0.6 is 11.6 Å². The first-order valence-corrected chi connectivity index (χ1v) is 6.17. The highest BCUT2D eigenvalue weighted by Crippen LogP contribution is 2.31. The second-order valence-electron chi connectivity index (χ2n) is 4.49. The third-order valence-electron chi connectivity index (χ3n) is 2.76. The number of amides is 1. The van der Waals surface area contributed by atoms with Crippen LogP contribution in [-0.4, -0.2) is 33.4 Å². The van der Waals surface area contributed by atoms with E-state index in [-0.39, 0.29) is 6.04 Å². The fraction of sp³-hybridized carbons (Fsp3) is 0.462. The Morgan fingerprint density at radius 2 is 1.83 bits per heavy atom. The lowest BCUT2D eigenvalue weighted by atomic mass is 9.99. The van der Waals surface area contributed by atoms with E-state index in [1.165, 1.54) is 4.90 Å². The standard InChI is InChI=1S/C13H18ClNO3/c1-8(2)15(13(17)18)12(9(3)16)10-6-4-5-7-11(10)14/h4-9,12,16H,1-3H3,(H,17,18)/t9-,12+/m1/s1. The van der Waals surface area contributed by atoms with Crippen LogP contribution in [0.15, 0.2) is 24.3 Å². The molecule has 100 valence electrons. The van der Waals surface area contributed by atoms with Crippen LogP contribution in [-0.2, 0) is 0 Å². The molecular weight excluding hydrogens is 254 g/mol. The van der Waals surface area contributed by atoms with Crippen molar-refractivity contribution in [1.82, 2.24) is 4.90 Å². The molecular formula is C13H18ClNO3. The van der Waals surface area contributed by atoms with Gasteiger partial charge in [-0.05, 0) is 32.4 Å². The minimum atomic E-state index is -1.07. The molecule has 1 amide bonds. The number of carboxylic acid groups (broad SMARTS) is 1. The lowest BCUT2D eigenvalue weighted by molar-refractivity contribution is 0.0419. The van der Waals surface area contributed by atoms with Gasteiger partial charge in [-0.15, -0.1) is 0 Å². The van der Waals surface area contributed by atoms with E-state index in [4.69, 9.17) is 11.6 Å². The maximum atomic E-state index is 11.3. The summed E-state index contributed by atoms with van der Waals surface area (Å²) >= 11 is 6.09. The average Bonchev–Trinajstić information content (AvgIpc) is 2.25. The summed E-state index contributed by atoms with van der Waals surface area (Å²) in [6, 6.07) is 6.04. The van der Waals surface area contributed by atoms with Gasteiger partial charge in [0, 0.05) is 11.1 Å². The van der Waals surface area contributed by atoms with E-state index in [1.54, 1.807) is 45.0 Å². The largest absolute Gasteiger partial charge is 0.465 e. The molecule has 2 atom stereocenters. The quantitative estimate of drug-likeness (QED) is 0.884. The number of hydrogen-bond donors (Lipinski definition) is 2. The Hall–Kier alpha value is -1.26. The van der Waals surface area contributed by atoms with Crippen LogP contribution in [0.3, 0.4) is 0 Å². The number of benzene rings is 1. The van der Waals surface area contributed by atoms with Gasteiger partial charge in [0.25, 0.3) is 0 Å². The van der Waals surface area contributed by atoms with Gasteiger partial charge < -0.3 is 10.2 Å². The van der Waals surface area contributed by atoms with Gasteiger partial charge in [0.15, 0.2) is 0 Å². The van der Waals surface area contributed by atoms with Crippen molar-refractivity contribution < 1.29 is 15.0 Å². The minimum absolute atomic E-state index is 0.252. The smallest absolute Gasteiger partial charge is 0.408 e. The van der Waals surface area contributed by atoms with Crippen LogP contribution in [0.4, 0.5) is 4.79 Å². The van der Waals surface area contributed by atoms with Crippen molar-refractivity contribution in [3.8, 4) is 0 Å². The monoisotopic (exact) mass is 271 g/mol. The normalized spacial score (nSPS) is 14.3. The minimum Gasteiger partial charge on any atom is -0.465 e. The number of carbonyl (C=O) groups is 1. The van der Waals surface area contributed by atoms with Crippen molar-refractivity contribution in [3.05, 3.63) is 34.9 Å². The van der Waals surface area contributed by atoms with Crippen molar-refractivity contribution in [2.45, 2.75) is 39.0 Å². The zero-order chi connectivity index (χ0) is 13.9. The van der Waals surface area contributed by atoms with Crippen molar-refractivity contribution in [1.29, 1.82) is 0 Å². The molecule has 0 heterocycles. The molecule has 2 N–H and O–H groups in total. The lowest BCUT2D eigenvalue weighted by Crippen LogP contribution is -2.43. The van der Waals surface area contributed by atoms with E-state index in [9.17, 15) is 15.0 Å². The highest BCUT2D eigenvalue weighted by Gasteiger charge is 2.32. The van der Waals surface area contributed by atoms with Crippen LogP contribution in [0.1, 0.15) is 32.4 Å². The zero-order valence-electron chi connectivity index (χ0n) is 10.7. The van der Waals surface area contributed by atoms with Gasteiger partial charge in [-0.3, -0.25) is 4.90 Å². The summed E-state index contributed by atoms with van der Waals surface area (Å²) in [5.41, 5.74) is 0.616. The average molecular weight is 272 g/mol. The van der Waals surface area contributed by atoms with Crippen LogP contribution < -0.4 is 0 Å². The number of halogens is 1. The van der Waals surface area contributed by atoms with E-state index in [1.807, 2.05) is 0 Å². The van der Waals surface area contributed by atoms with Gasteiger partial charge in [0.1, 0.15) is 0 Å². The van der Waals surface area contributed by atoms with Crippen LogP contribution in [0.5, 0.6) is 0 Å². The maximum Gasteiger partial charge on any atom is 0.408 e. The summed E-state index contributed by atoms with van der Waals surface area (Å²) in [6.07, 6.45) is -1.92. The molecule has 18 heavy (non-hydrogen) atoms. The number of aliphatic hydroxyl groups excluding tert-OH is 1. The fourth-order valence-corrected chi connectivity index (χ4v) is 2.27. The van der Waals surface area contributed by atoms with E-state index >= 15 is 0 Å². The topological polar surface area (TPSA) is 60.8 Å². The van der Waals surface area contributed by atoms with Crippen molar-refractivity contribution in [2.75, 3.05) is 0 Å². The summed E-state index contributed by atoms with van der Waals surface area (Å²) < 4.78 is 0. The number of rotatable bonds is 4. The van der Waals surface area contributed by atoms with Gasteiger partial charge in [0.05, 0.1) is 12.1 Å². The Morgan fingerprint density at radius 3 is 2.22 bits per heavy atom. The van der Waals surface area contributed by atoms with Crippen LogP contribution in [0.2, 0.25) is 5.02 Å². The fourth-order valence-electron chi connectivity index (χ4n) is 2.02. The molecule has 0 aliphatic heterocycles. The summed E-state index contributed by atoms with van der Waals surface area (Å²) in [4.78, 5) is 12.6. The Morgan fingerprint density at radius 1 is 1.28 bits per heavy atom. The first-order valence-electron chi connectivity index (χ1n) is 5.80. The maximum absolute atomic E-state index is 11.3. The molecule has 0 bridgehead atoms. The van der Waals surface area contributed by atoms with E-state index in [0.717, 1.165) is 0 Å². The van der Waals surface area contributed by atoms with Gasteiger partial charge >= 0.3 is 6.09 Å². The van der Waals surface area contributed by atoms with Gasteiger partial charge in [-0.25, -0.2) is 4.79 Å². The number of aliphatic hydroxyl groups is 1. The summed E-state index contributed by atoms with van der Waals surface area (Å²) in [5, 5.41) is 19.6. The highest BCUT2D eigenvalue weighted by atomic mass is 35.5. The molecule has 0 unspecified atom stereocenters. The molecule has 0 fully saturated rings. The van der Waals surface area contributed by atoms with E-state index in [2.05, 4.69) is 0 Å². The van der Waals surface area contributed by atoms with Crippen molar-refractivity contribution in [2.24, 2.45) is 0 Å². The van der Waals surface area contributed by atoms with Gasteiger partial charge in [-0.1, -0.05) is 29.8 Å². The van der Waals surface area contributed by atoms with Crippen molar-refractivity contribution in [3.63, 3.8) is 0 Å². The molecule has 0 saturated carbocycles. The number of hydrogen-bond acceptors (Lipinski definition) is 2. The third-order valence-corrected chi connectivity index (χ3v) is 3.10. The van der Waals surface area contributed by atoms with Crippen LogP contribution in [0, 0.1) is 0 Å². The summed E-state index contributed by atoms with van der Waals surface area (Å²) in [7, 11) is 0. The number of nitrogens with zero attached hydrogens (tertiary/aromatic N) is 1. The van der Waals surface area contributed by atoms with Crippen LogP contribution in [0.25, 0.3) is 0 Å². The highest BCUT2D eigenvalue weighted by molar-refractivity contribution is 6.31. The van der Waals surface area contributed by atoms with Crippen molar-refractivity contribution >= 4 is 17.7 Å². The second-order valence-corrected chi connectivity index (χ2v) is 4.90. The van der Waals surface area contributed by atoms with E-state index in [0.29, 0.717) is 10.6 Å². The Labute approximate surface area is 112 Å². The predicted octanol–water partition coefficient (Wildman–Crippen LogP) is 3.15.